The van der Waals surface area contributed by atoms with Crippen molar-refractivity contribution in [1.29, 1.82) is 0 Å². The van der Waals surface area contributed by atoms with Crippen LogP contribution in [0.4, 0.5) is 10.1 Å². The maximum absolute atomic E-state index is 13.5. The van der Waals surface area contributed by atoms with E-state index in [0.717, 1.165) is 27.7 Å². The molecule has 0 unspecified atom stereocenters. The fourth-order valence-electron chi connectivity index (χ4n) is 3.65. The van der Waals surface area contributed by atoms with Gasteiger partial charge >= 0.3 is 0 Å². The van der Waals surface area contributed by atoms with Crippen molar-refractivity contribution in [3.05, 3.63) is 95.3 Å². The van der Waals surface area contributed by atoms with Crippen molar-refractivity contribution in [2.24, 2.45) is 5.10 Å². The number of halogens is 1. The molecule has 1 aliphatic rings. The molecule has 34 heavy (non-hydrogen) atoms. The Kier molecular flexibility index (Phi) is 6.46. The molecule has 0 saturated carbocycles. The lowest BCUT2D eigenvalue weighted by Gasteiger charge is -2.23. The highest BCUT2D eigenvalue weighted by molar-refractivity contribution is 7.92. The smallest absolute Gasteiger partial charge is 0.279 e. The molecule has 4 rings (SSSR count). The third kappa shape index (κ3) is 4.97. The van der Waals surface area contributed by atoms with E-state index in [0.29, 0.717) is 17.0 Å². The van der Waals surface area contributed by atoms with E-state index in [1.54, 1.807) is 24.3 Å². The van der Waals surface area contributed by atoms with Crippen molar-refractivity contribution in [3.63, 3.8) is 0 Å². The normalized spacial score (nSPS) is 16.4. The lowest BCUT2D eigenvalue weighted by atomic mass is 9.98. The van der Waals surface area contributed by atoms with Crippen LogP contribution in [0.1, 0.15) is 36.1 Å². The Bertz CT molecular complexity index is 1440. The quantitative estimate of drug-likeness (QED) is 0.518. The highest BCUT2D eigenvalue weighted by Crippen LogP contribution is 2.37. The van der Waals surface area contributed by atoms with E-state index in [4.69, 9.17) is 0 Å². The van der Waals surface area contributed by atoms with Crippen LogP contribution in [-0.2, 0) is 20.0 Å². The Balaban J connectivity index is 1.76. The van der Waals surface area contributed by atoms with E-state index >= 15 is 0 Å². The summed E-state index contributed by atoms with van der Waals surface area (Å²) in [5.41, 5.74) is 3.26. The van der Waals surface area contributed by atoms with Crippen molar-refractivity contribution in [3.8, 4) is 0 Å². The average Bonchev–Trinajstić information content (AvgIpc) is 3.26. The molecule has 1 heterocycles. The van der Waals surface area contributed by atoms with Gasteiger partial charge in [-0.15, -0.1) is 0 Å². The largest absolute Gasteiger partial charge is 0.284 e. The second-order valence-corrected chi connectivity index (χ2v) is 11.8. The molecule has 1 atom stereocenters. The number of sulfonamides is 2. The van der Waals surface area contributed by atoms with Crippen molar-refractivity contribution >= 4 is 31.4 Å². The molecule has 1 N–H and O–H groups in total. The average molecular weight is 502 g/mol. The number of hydrogen-bond acceptors (Lipinski definition) is 5. The topological polar surface area (TPSA) is 95.9 Å². The summed E-state index contributed by atoms with van der Waals surface area (Å²) in [5.74, 6) is -0.608. The van der Waals surface area contributed by atoms with Gasteiger partial charge in [-0.3, -0.25) is 4.72 Å². The number of hydrogen-bond donors (Lipinski definition) is 1. The first kappa shape index (κ1) is 23.9. The van der Waals surface area contributed by atoms with Crippen LogP contribution < -0.4 is 4.72 Å². The minimum Gasteiger partial charge on any atom is -0.284 e. The highest BCUT2D eigenvalue weighted by atomic mass is 32.2. The van der Waals surface area contributed by atoms with Gasteiger partial charge in [0.05, 0.1) is 22.4 Å². The minimum atomic E-state index is -4.08. The van der Waals surface area contributed by atoms with Gasteiger partial charge in [-0.1, -0.05) is 42.0 Å². The van der Waals surface area contributed by atoms with Crippen LogP contribution >= 0.6 is 0 Å². The Labute approximate surface area is 199 Å². The summed E-state index contributed by atoms with van der Waals surface area (Å²) >= 11 is 0. The summed E-state index contributed by atoms with van der Waals surface area (Å²) < 4.78 is 67.9. The van der Waals surface area contributed by atoms with Gasteiger partial charge in [0.15, 0.2) is 0 Å². The van der Waals surface area contributed by atoms with Crippen LogP contribution in [0.2, 0.25) is 0 Å². The number of anilines is 1. The van der Waals surface area contributed by atoms with Gasteiger partial charge < -0.3 is 0 Å². The molecule has 0 aromatic heterocycles. The van der Waals surface area contributed by atoms with Gasteiger partial charge in [0.2, 0.25) is 10.0 Å². The molecular formula is C24H24FN3O4S2. The van der Waals surface area contributed by atoms with Crippen molar-refractivity contribution in [2.75, 3.05) is 10.5 Å². The molecule has 0 aliphatic carbocycles. The Hall–Kier alpha value is -3.24. The SMILES string of the molecule is CCS(=O)(=O)Nc1cccc(C2=NN(S(=O)(=O)c3ccc(F)cc3)[C@@H](c3ccc(C)cc3)C2)c1. The molecule has 3 aromatic carbocycles. The molecule has 0 fully saturated rings. The van der Waals surface area contributed by atoms with E-state index in [-0.39, 0.29) is 17.1 Å². The lowest BCUT2D eigenvalue weighted by molar-refractivity contribution is 0.371. The minimum absolute atomic E-state index is 0.0690. The first-order chi connectivity index (χ1) is 16.1. The number of benzene rings is 3. The monoisotopic (exact) mass is 501 g/mol. The predicted octanol–water partition coefficient (Wildman–Crippen LogP) is 4.44. The summed E-state index contributed by atoms with van der Waals surface area (Å²) in [6, 6.07) is 18.2. The molecule has 10 heteroatoms. The maximum Gasteiger partial charge on any atom is 0.279 e. The molecular weight excluding hydrogens is 477 g/mol. The Morgan fingerprint density at radius 2 is 1.68 bits per heavy atom. The standard InChI is InChI=1S/C24H24FN3O4S2/c1-3-33(29,30)27-21-6-4-5-19(15-21)23-16-24(18-9-7-17(2)8-10-18)28(26-23)34(31,32)22-13-11-20(25)12-14-22/h4-15,24,27H,3,16H2,1-2H3/t24-/m1/s1. The summed E-state index contributed by atoms with van der Waals surface area (Å²) in [6.07, 6.45) is 0.285. The second-order valence-electron chi connectivity index (χ2n) is 8.00. The molecule has 1 aliphatic heterocycles. The zero-order valence-corrected chi connectivity index (χ0v) is 20.3. The predicted molar refractivity (Wildman–Crippen MR) is 130 cm³/mol. The maximum atomic E-state index is 13.5. The van der Waals surface area contributed by atoms with E-state index in [9.17, 15) is 21.2 Å². The third-order valence-electron chi connectivity index (χ3n) is 5.54. The number of nitrogens with one attached hydrogen (secondary N) is 1. The van der Waals surface area contributed by atoms with Gasteiger partial charge in [-0.2, -0.15) is 17.9 Å². The van der Waals surface area contributed by atoms with Crippen molar-refractivity contribution in [2.45, 2.75) is 31.2 Å². The van der Waals surface area contributed by atoms with Crippen LogP contribution in [0.15, 0.2) is 82.8 Å². The number of nitrogens with zero attached hydrogens (tertiary/aromatic N) is 2. The van der Waals surface area contributed by atoms with E-state index in [2.05, 4.69) is 9.82 Å². The number of rotatable bonds is 7. The van der Waals surface area contributed by atoms with Gasteiger partial charge in [-0.05, 0) is 61.4 Å². The van der Waals surface area contributed by atoms with Crippen molar-refractivity contribution in [1.82, 2.24) is 4.41 Å². The van der Waals surface area contributed by atoms with Crippen LogP contribution in [0.3, 0.4) is 0 Å². The third-order valence-corrected chi connectivity index (χ3v) is 8.54. The molecule has 3 aromatic rings. The molecule has 178 valence electrons. The van der Waals surface area contributed by atoms with Gasteiger partial charge in [0.25, 0.3) is 10.0 Å². The first-order valence-electron chi connectivity index (χ1n) is 10.6. The molecule has 7 nitrogen and oxygen atoms in total. The molecule has 0 bridgehead atoms. The van der Waals surface area contributed by atoms with Gasteiger partial charge in [-0.25, -0.2) is 12.8 Å². The van der Waals surface area contributed by atoms with Crippen LogP contribution in [0.5, 0.6) is 0 Å². The highest BCUT2D eigenvalue weighted by Gasteiger charge is 2.37. The molecule has 0 radical (unpaired) electrons. The van der Waals surface area contributed by atoms with Crippen LogP contribution in [-0.4, -0.2) is 32.7 Å². The second kappa shape index (κ2) is 9.19. The van der Waals surface area contributed by atoms with Gasteiger partial charge in [0, 0.05) is 12.1 Å². The fourth-order valence-corrected chi connectivity index (χ4v) is 5.71. The Morgan fingerprint density at radius 3 is 2.32 bits per heavy atom. The van der Waals surface area contributed by atoms with E-state index < -0.39 is 31.9 Å². The van der Waals surface area contributed by atoms with E-state index in [1.807, 2.05) is 31.2 Å². The lowest BCUT2D eigenvalue weighted by Crippen LogP contribution is -2.27. The summed E-state index contributed by atoms with van der Waals surface area (Å²) in [5, 5.41) is 4.46. The molecule has 0 amide bonds. The molecule has 0 saturated heterocycles. The van der Waals surface area contributed by atoms with E-state index in [1.165, 1.54) is 19.1 Å². The number of aryl methyl sites for hydroxylation is 1. The fraction of sp³-hybridized carbons (Fsp3) is 0.208. The molecule has 0 spiro atoms. The van der Waals surface area contributed by atoms with Gasteiger partial charge in [0.1, 0.15) is 5.82 Å². The zero-order chi connectivity index (χ0) is 24.5. The van der Waals surface area contributed by atoms with Crippen LogP contribution in [0.25, 0.3) is 0 Å². The summed E-state index contributed by atoms with van der Waals surface area (Å²) in [7, 11) is -7.55. The zero-order valence-electron chi connectivity index (χ0n) is 18.6. The summed E-state index contributed by atoms with van der Waals surface area (Å²) in [4.78, 5) is -0.0690. The number of hydrazone groups is 1. The first-order valence-corrected chi connectivity index (χ1v) is 13.7. The van der Waals surface area contributed by atoms with Crippen LogP contribution in [0, 0.1) is 12.7 Å². The van der Waals surface area contributed by atoms with Crippen molar-refractivity contribution < 1.29 is 21.2 Å². The summed E-state index contributed by atoms with van der Waals surface area (Å²) in [6.45, 7) is 3.48. The Morgan fingerprint density at radius 1 is 1.00 bits per heavy atom.